The number of benzene rings is 1. The van der Waals surface area contributed by atoms with Crippen LogP contribution in [-0.2, 0) is 14.8 Å². The molecule has 2 unspecified atom stereocenters. The summed E-state index contributed by atoms with van der Waals surface area (Å²) in [4.78, 5) is 11.1. The van der Waals surface area contributed by atoms with E-state index in [1.165, 1.54) is 23.4 Å². The highest BCUT2D eigenvalue weighted by molar-refractivity contribution is 7.89. The highest BCUT2D eigenvalue weighted by Gasteiger charge is 2.41. The van der Waals surface area contributed by atoms with Crippen molar-refractivity contribution >= 4 is 21.6 Å². The number of hydrogen-bond donors (Lipinski definition) is 1. The van der Waals surface area contributed by atoms with E-state index in [0.717, 1.165) is 0 Å². The first-order valence-corrected chi connectivity index (χ1v) is 6.75. The summed E-state index contributed by atoms with van der Waals surface area (Å²) in [6, 6.07) is 6.28. The second-order valence-corrected chi connectivity index (χ2v) is 6.02. The van der Waals surface area contributed by atoms with Crippen LogP contribution < -0.4 is 5.32 Å². The lowest BCUT2D eigenvalue weighted by atomic mass is 10.3. The third-order valence-electron chi connectivity index (χ3n) is 2.58. The van der Waals surface area contributed by atoms with Crippen LogP contribution in [0.1, 0.15) is 13.8 Å². The second-order valence-electron chi connectivity index (χ2n) is 4.13. The van der Waals surface area contributed by atoms with Crippen LogP contribution >= 0.6 is 0 Å². The molecule has 1 heterocycles. The monoisotopic (exact) mass is 254 g/mol. The minimum atomic E-state index is -3.34. The molecule has 5 nitrogen and oxygen atoms in total. The minimum Gasteiger partial charge on any atom is -0.326 e. The van der Waals surface area contributed by atoms with E-state index in [1.807, 2.05) is 6.92 Å². The van der Waals surface area contributed by atoms with Crippen molar-refractivity contribution < 1.29 is 13.2 Å². The van der Waals surface area contributed by atoms with Crippen LogP contribution in [0.25, 0.3) is 0 Å². The average molecular weight is 254 g/mol. The summed E-state index contributed by atoms with van der Waals surface area (Å²) in [7, 11) is -3.34. The lowest BCUT2D eigenvalue weighted by Crippen LogP contribution is -2.13. The molecular weight excluding hydrogens is 240 g/mol. The fourth-order valence-corrected chi connectivity index (χ4v) is 3.23. The zero-order valence-corrected chi connectivity index (χ0v) is 10.5. The van der Waals surface area contributed by atoms with Crippen LogP contribution in [-0.4, -0.2) is 31.2 Å². The largest absolute Gasteiger partial charge is 0.326 e. The number of nitrogens with zero attached hydrogens (tertiary/aromatic N) is 1. The Morgan fingerprint density at radius 1 is 1.35 bits per heavy atom. The zero-order chi connectivity index (χ0) is 12.6. The molecule has 1 N–H and O–H groups in total. The zero-order valence-electron chi connectivity index (χ0n) is 9.67. The Morgan fingerprint density at radius 2 is 1.88 bits per heavy atom. The molecule has 1 aromatic carbocycles. The fourth-order valence-electron chi connectivity index (χ4n) is 1.60. The van der Waals surface area contributed by atoms with E-state index in [1.54, 1.807) is 12.1 Å². The number of amides is 1. The van der Waals surface area contributed by atoms with E-state index in [4.69, 9.17) is 0 Å². The number of nitrogens with one attached hydrogen (secondary N) is 1. The lowest BCUT2D eigenvalue weighted by molar-refractivity contribution is -0.114. The van der Waals surface area contributed by atoms with Crippen molar-refractivity contribution in [3.63, 3.8) is 0 Å². The maximum Gasteiger partial charge on any atom is 0.243 e. The van der Waals surface area contributed by atoms with Crippen LogP contribution in [0.3, 0.4) is 0 Å². The first kappa shape index (κ1) is 12.1. The first-order valence-electron chi connectivity index (χ1n) is 5.31. The molecule has 1 aliphatic heterocycles. The molecule has 92 valence electrons. The van der Waals surface area contributed by atoms with Crippen LogP contribution in [0.5, 0.6) is 0 Å². The third kappa shape index (κ3) is 2.48. The van der Waals surface area contributed by atoms with Gasteiger partial charge in [0, 0.05) is 25.2 Å². The average Bonchev–Trinajstić information content (AvgIpc) is 2.96. The van der Waals surface area contributed by atoms with Crippen LogP contribution in [0.4, 0.5) is 5.69 Å². The van der Waals surface area contributed by atoms with Crippen molar-refractivity contribution in [2.75, 3.05) is 11.9 Å². The lowest BCUT2D eigenvalue weighted by Gasteiger charge is -2.06. The van der Waals surface area contributed by atoms with E-state index in [9.17, 15) is 13.2 Å². The van der Waals surface area contributed by atoms with Gasteiger partial charge in [0.2, 0.25) is 15.9 Å². The Kier molecular flexibility index (Phi) is 2.92. The van der Waals surface area contributed by atoms with E-state index in [0.29, 0.717) is 12.2 Å². The van der Waals surface area contributed by atoms with Crippen molar-refractivity contribution in [2.24, 2.45) is 0 Å². The van der Waals surface area contributed by atoms with Gasteiger partial charge in [0.05, 0.1) is 4.90 Å². The first-order chi connectivity index (χ1) is 7.91. The quantitative estimate of drug-likeness (QED) is 0.819. The van der Waals surface area contributed by atoms with Crippen LogP contribution in [0, 0.1) is 0 Å². The molecule has 0 saturated carbocycles. The highest BCUT2D eigenvalue weighted by Crippen LogP contribution is 2.28. The predicted molar refractivity (Wildman–Crippen MR) is 64.1 cm³/mol. The standard InChI is InChI=1S/C11H14N2O3S/c1-8-7-13(8)17(15,16)11-5-3-10(4-6-11)12-9(2)14/h3-6,8H,7H2,1-2H3,(H,12,14). The molecule has 1 amide bonds. The molecule has 1 saturated heterocycles. The van der Waals surface area contributed by atoms with Gasteiger partial charge >= 0.3 is 0 Å². The third-order valence-corrected chi connectivity index (χ3v) is 4.58. The van der Waals surface area contributed by atoms with E-state index >= 15 is 0 Å². The van der Waals surface area contributed by atoms with Gasteiger partial charge in [0.15, 0.2) is 0 Å². The van der Waals surface area contributed by atoms with Gasteiger partial charge in [-0.05, 0) is 31.2 Å². The molecule has 0 bridgehead atoms. The number of hydrogen-bond acceptors (Lipinski definition) is 3. The van der Waals surface area contributed by atoms with Crippen molar-refractivity contribution in [1.82, 2.24) is 4.31 Å². The van der Waals surface area contributed by atoms with E-state index < -0.39 is 10.0 Å². The summed E-state index contributed by atoms with van der Waals surface area (Å²) in [5, 5.41) is 2.59. The summed E-state index contributed by atoms with van der Waals surface area (Å²) < 4.78 is 25.4. The predicted octanol–water partition coefficient (Wildman–Crippen LogP) is 1.04. The molecule has 1 aliphatic rings. The Labute approximate surface area is 100 Å². The molecule has 0 radical (unpaired) electrons. The SMILES string of the molecule is CC(=O)Nc1ccc(S(=O)(=O)N2CC2C)cc1. The summed E-state index contributed by atoms with van der Waals surface area (Å²) in [5.74, 6) is -0.180. The van der Waals surface area contributed by atoms with Crippen LogP contribution in [0.2, 0.25) is 0 Å². The Bertz CT molecular complexity index is 536. The summed E-state index contributed by atoms with van der Waals surface area (Å²) in [6.45, 7) is 3.85. The highest BCUT2D eigenvalue weighted by atomic mass is 32.2. The van der Waals surface area contributed by atoms with Gasteiger partial charge in [-0.1, -0.05) is 0 Å². The maximum atomic E-state index is 12.0. The summed E-state index contributed by atoms with van der Waals surface area (Å²) >= 11 is 0. The van der Waals surface area contributed by atoms with E-state index in [2.05, 4.69) is 5.32 Å². The molecule has 2 rings (SSSR count). The van der Waals surface area contributed by atoms with Gasteiger partial charge in [-0.25, -0.2) is 8.42 Å². The number of sulfonamides is 1. The molecule has 1 aromatic rings. The minimum absolute atomic E-state index is 0.0926. The molecule has 0 spiro atoms. The van der Waals surface area contributed by atoms with E-state index in [-0.39, 0.29) is 16.8 Å². The van der Waals surface area contributed by atoms with Gasteiger partial charge < -0.3 is 5.32 Å². The van der Waals surface area contributed by atoms with Crippen molar-refractivity contribution in [3.05, 3.63) is 24.3 Å². The number of rotatable bonds is 3. The Morgan fingerprint density at radius 3 is 2.29 bits per heavy atom. The normalized spacial score (nSPS) is 23.2. The van der Waals surface area contributed by atoms with Gasteiger partial charge in [0.25, 0.3) is 0 Å². The molecule has 6 heteroatoms. The van der Waals surface area contributed by atoms with Gasteiger partial charge in [-0.15, -0.1) is 0 Å². The van der Waals surface area contributed by atoms with Crippen LogP contribution in [0.15, 0.2) is 29.2 Å². The number of anilines is 1. The topological polar surface area (TPSA) is 66.2 Å². The molecule has 0 aliphatic carbocycles. The second kappa shape index (κ2) is 4.12. The number of carbonyl (C=O) groups excluding carboxylic acids is 1. The molecule has 1 fully saturated rings. The maximum absolute atomic E-state index is 12.0. The Hall–Kier alpha value is -1.40. The van der Waals surface area contributed by atoms with Gasteiger partial charge in [0.1, 0.15) is 0 Å². The van der Waals surface area contributed by atoms with Gasteiger partial charge in [-0.3, -0.25) is 4.79 Å². The molecule has 17 heavy (non-hydrogen) atoms. The fraction of sp³-hybridized carbons (Fsp3) is 0.364. The molecule has 2 atom stereocenters. The smallest absolute Gasteiger partial charge is 0.243 e. The van der Waals surface area contributed by atoms with Crippen molar-refractivity contribution in [1.29, 1.82) is 0 Å². The summed E-state index contributed by atoms with van der Waals surface area (Å²) in [5.41, 5.74) is 0.593. The Balaban J connectivity index is 2.21. The summed E-state index contributed by atoms with van der Waals surface area (Å²) in [6.07, 6.45) is 0. The van der Waals surface area contributed by atoms with Gasteiger partial charge in [-0.2, -0.15) is 4.31 Å². The molecular formula is C11H14N2O3S. The van der Waals surface area contributed by atoms with Crippen molar-refractivity contribution in [2.45, 2.75) is 24.8 Å². The number of carbonyl (C=O) groups is 1. The molecule has 0 aromatic heterocycles. The van der Waals surface area contributed by atoms with Crippen molar-refractivity contribution in [3.8, 4) is 0 Å².